The summed E-state index contributed by atoms with van der Waals surface area (Å²) in [5.74, 6) is 0.104. The molecule has 0 aromatic heterocycles. The van der Waals surface area contributed by atoms with Gasteiger partial charge in [-0.25, -0.2) is 22.6 Å². The Bertz CT molecular complexity index is 537. The van der Waals surface area contributed by atoms with E-state index in [-0.39, 0.29) is 23.6 Å². The first-order valence-corrected chi connectivity index (χ1v) is 10.3. The Kier molecular flexibility index (Phi) is 6.19. The molecule has 1 aliphatic rings. The van der Waals surface area contributed by atoms with Crippen molar-refractivity contribution >= 4 is 20.2 Å². The molecule has 1 rings (SSSR count). The van der Waals surface area contributed by atoms with E-state index in [2.05, 4.69) is 4.72 Å². The molecule has 0 bridgehead atoms. The van der Waals surface area contributed by atoms with Crippen molar-refractivity contribution in [3.05, 3.63) is 0 Å². The lowest BCUT2D eigenvalue weighted by atomic mass is 9.94. The Hall–Kier alpha value is -0.220. The second-order valence-corrected chi connectivity index (χ2v) is 10.4. The predicted molar refractivity (Wildman–Crippen MR) is 83.3 cm³/mol. The van der Waals surface area contributed by atoms with Crippen LogP contribution in [0.1, 0.15) is 40.0 Å². The van der Waals surface area contributed by atoms with E-state index in [0.29, 0.717) is 19.5 Å². The zero-order chi connectivity index (χ0) is 16.3. The molecule has 1 unspecified atom stereocenters. The van der Waals surface area contributed by atoms with Gasteiger partial charge in [-0.2, -0.15) is 8.42 Å². The van der Waals surface area contributed by atoms with Crippen LogP contribution in [0.25, 0.3) is 0 Å². The molecule has 0 radical (unpaired) electrons. The Morgan fingerprint density at radius 1 is 1.24 bits per heavy atom. The summed E-state index contributed by atoms with van der Waals surface area (Å²) in [4.78, 5) is 0. The van der Waals surface area contributed by atoms with Gasteiger partial charge in [0.05, 0.1) is 5.75 Å². The number of sulfonamides is 1. The molecule has 21 heavy (non-hydrogen) atoms. The average molecular weight is 341 g/mol. The van der Waals surface area contributed by atoms with Gasteiger partial charge in [0.25, 0.3) is 10.2 Å². The number of rotatable bonds is 6. The van der Waals surface area contributed by atoms with E-state index in [1.807, 2.05) is 20.8 Å². The minimum atomic E-state index is -3.72. The monoisotopic (exact) mass is 341 g/mol. The average Bonchev–Trinajstić information content (AvgIpc) is 2.33. The molecular formula is C12H27N3O4S2. The zero-order valence-electron chi connectivity index (χ0n) is 13.0. The molecule has 0 aromatic rings. The topological polar surface area (TPSA) is 110 Å². The van der Waals surface area contributed by atoms with Crippen LogP contribution in [0, 0.1) is 11.3 Å². The van der Waals surface area contributed by atoms with E-state index in [1.165, 1.54) is 4.31 Å². The summed E-state index contributed by atoms with van der Waals surface area (Å²) in [6, 6.07) is 0. The quantitative estimate of drug-likeness (QED) is 0.722. The third-order valence-electron chi connectivity index (χ3n) is 3.56. The number of nitrogens with two attached hydrogens (primary N) is 1. The number of nitrogens with zero attached hydrogens (tertiary/aromatic N) is 1. The van der Waals surface area contributed by atoms with Gasteiger partial charge in [-0.1, -0.05) is 20.8 Å². The highest BCUT2D eigenvalue weighted by atomic mass is 32.2. The summed E-state index contributed by atoms with van der Waals surface area (Å²) in [5, 5.41) is 4.90. The maximum absolute atomic E-state index is 12.3. The van der Waals surface area contributed by atoms with Gasteiger partial charge >= 0.3 is 0 Å². The minimum Gasteiger partial charge on any atom is -0.216 e. The van der Waals surface area contributed by atoms with Crippen molar-refractivity contribution in [1.29, 1.82) is 0 Å². The lowest BCUT2D eigenvalue weighted by Crippen LogP contribution is -2.45. The van der Waals surface area contributed by atoms with E-state index in [4.69, 9.17) is 5.14 Å². The molecule has 9 heteroatoms. The van der Waals surface area contributed by atoms with Crippen LogP contribution in [0.2, 0.25) is 0 Å². The summed E-state index contributed by atoms with van der Waals surface area (Å²) in [5.41, 5.74) is -0.0303. The maximum atomic E-state index is 12.3. The van der Waals surface area contributed by atoms with Crippen LogP contribution in [0.15, 0.2) is 0 Å². The first-order valence-electron chi connectivity index (χ1n) is 7.14. The minimum absolute atomic E-state index is 0.0264. The summed E-state index contributed by atoms with van der Waals surface area (Å²) in [6.07, 6.45) is 2.14. The summed E-state index contributed by atoms with van der Waals surface area (Å²) in [7, 11) is -7.00. The lowest BCUT2D eigenvalue weighted by molar-refractivity contribution is 0.265. The Morgan fingerprint density at radius 3 is 2.38 bits per heavy atom. The maximum Gasteiger partial charge on any atom is 0.274 e. The van der Waals surface area contributed by atoms with E-state index < -0.39 is 20.2 Å². The molecular weight excluding hydrogens is 314 g/mol. The van der Waals surface area contributed by atoms with E-state index in [0.717, 1.165) is 12.8 Å². The Balaban J connectivity index is 2.58. The van der Waals surface area contributed by atoms with Crippen molar-refractivity contribution in [1.82, 2.24) is 9.03 Å². The molecule has 0 aliphatic carbocycles. The van der Waals surface area contributed by atoms with Crippen LogP contribution in [0.4, 0.5) is 0 Å². The second-order valence-electron chi connectivity index (χ2n) is 6.89. The van der Waals surface area contributed by atoms with Crippen molar-refractivity contribution in [2.75, 3.05) is 25.4 Å². The molecule has 0 spiro atoms. The summed E-state index contributed by atoms with van der Waals surface area (Å²) >= 11 is 0. The summed E-state index contributed by atoms with van der Waals surface area (Å²) < 4.78 is 50.2. The van der Waals surface area contributed by atoms with Gasteiger partial charge in [-0.3, -0.25) is 0 Å². The largest absolute Gasteiger partial charge is 0.274 e. The number of nitrogens with one attached hydrogen (secondary N) is 1. The van der Waals surface area contributed by atoms with E-state index >= 15 is 0 Å². The molecule has 1 atom stereocenters. The molecule has 1 aliphatic heterocycles. The van der Waals surface area contributed by atoms with Crippen LogP contribution < -0.4 is 9.86 Å². The van der Waals surface area contributed by atoms with Crippen LogP contribution in [0.3, 0.4) is 0 Å². The van der Waals surface area contributed by atoms with Crippen LogP contribution in [-0.2, 0) is 20.2 Å². The molecule has 0 aromatic carbocycles. The predicted octanol–water partition coefficient (Wildman–Crippen LogP) is 0.258. The first-order chi connectivity index (χ1) is 9.39. The SMILES string of the molecule is CC(C)(C)CCS(=O)(=O)N1CCCC(CNS(N)(=O)=O)C1. The van der Waals surface area contributed by atoms with Gasteiger partial charge in [0.15, 0.2) is 0 Å². The van der Waals surface area contributed by atoms with E-state index in [1.54, 1.807) is 0 Å². The van der Waals surface area contributed by atoms with Gasteiger partial charge in [0.2, 0.25) is 10.0 Å². The molecule has 126 valence electrons. The fraction of sp³-hybridized carbons (Fsp3) is 1.00. The van der Waals surface area contributed by atoms with E-state index in [9.17, 15) is 16.8 Å². The van der Waals surface area contributed by atoms with Crippen molar-refractivity contribution < 1.29 is 16.8 Å². The molecule has 1 saturated heterocycles. The van der Waals surface area contributed by atoms with Crippen LogP contribution in [0.5, 0.6) is 0 Å². The first kappa shape index (κ1) is 18.8. The molecule has 1 fully saturated rings. The number of hydrogen-bond acceptors (Lipinski definition) is 4. The normalized spacial score (nSPS) is 22.4. The van der Waals surface area contributed by atoms with Crippen molar-refractivity contribution in [3.63, 3.8) is 0 Å². The highest BCUT2D eigenvalue weighted by Gasteiger charge is 2.30. The van der Waals surface area contributed by atoms with Gasteiger partial charge in [-0.15, -0.1) is 0 Å². The summed E-state index contributed by atoms with van der Waals surface area (Å²) in [6.45, 7) is 7.09. The number of hydrogen-bond donors (Lipinski definition) is 2. The Labute approximate surface area is 128 Å². The molecule has 7 nitrogen and oxygen atoms in total. The third kappa shape index (κ3) is 7.55. The highest BCUT2D eigenvalue weighted by Crippen LogP contribution is 2.23. The van der Waals surface area contributed by atoms with Gasteiger partial charge in [-0.05, 0) is 30.6 Å². The van der Waals surface area contributed by atoms with Crippen LogP contribution >= 0.6 is 0 Å². The van der Waals surface area contributed by atoms with Crippen molar-refractivity contribution in [2.24, 2.45) is 16.5 Å². The molecule has 3 N–H and O–H groups in total. The second kappa shape index (κ2) is 6.91. The van der Waals surface area contributed by atoms with Crippen molar-refractivity contribution in [2.45, 2.75) is 40.0 Å². The zero-order valence-corrected chi connectivity index (χ0v) is 14.6. The van der Waals surface area contributed by atoms with Gasteiger partial charge in [0, 0.05) is 19.6 Å². The number of piperidine rings is 1. The molecule has 0 saturated carbocycles. The van der Waals surface area contributed by atoms with Gasteiger partial charge in [0.1, 0.15) is 0 Å². The standard InChI is InChI=1S/C12H27N3O4S2/c1-12(2,3)6-8-20(16,17)15-7-4-5-11(10-15)9-14-21(13,18)19/h11,14H,4-10H2,1-3H3,(H2,13,18,19). The lowest BCUT2D eigenvalue weighted by Gasteiger charge is -2.32. The van der Waals surface area contributed by atoms with Crippen molar-refractivity contribution in [3.8, 4) is 0 Å². The third-order valence-corrected chi connectivity index (χ3v) is 5.97. The van der Waals surface area contributed by atoms with Gasteiger partial charge < -0.3 is 0 Å². The van der Waals surface area contributed by atoms with Crippen LogP contribution in [-0.4, -0.2) is 46.5 Å². The highest BCUT2D eigenvalue weighted by molar-refractivity contribution is 7.89. The Morgan fingerprint density at radius 2 is 1.86 bits per heavy atom. The fourth-order valence-corrected chi connectivity index (χ4v) is 4.69. The molecule has 1 heterocycles. The molecule has 0 amide bonds. The fourth-order valence-electron chi connectivity index (χ4n) is 2.24. The smallest absolute Gasteiger partial charge is 0.216 e.